The Morgan fingerprint density at radius 1 is 0.900 bits per heavy atom. The van der Waals surface area contributed by atoms with Crippen LogP contribution in [0.25, 0.3) is 11.0 Å². The van der Waals surface area contributed by atoms with Gasteiger partial charge in [-0.25, -0.2) is 13.5 Å². The Morgan fingerprint density at radius 2 is 1.55 bits per heavy atom. The van der Waals surface area contributed by atoms with Crippen molar-refractivity contribution in [1.29, 1.82) is 0 Å². The largest absolute Gasteiger partial charge is 0.497 e. The van der Waals surface area contributed by atoms with Crippen LogP contribution in [-0.2, 0) is 22.7 Å². The number of hydrogen-bond donors (Lipinski definition) is 1. The molecule has 1 aromatic heterocycles. The van der Waals surface area contributed by atoms with Crippen LogP contribution in [0.5, 0.6) is 5.75 Å². The van der Waals surface area contributed by atoms with Gasteiger partial charge in [0.05, 0.1) is 12.6 Å². The molecule has 0 aliphatic rings. The smallest absolute Gasteiger partial charge is 0.251 e. The second-order valence-corrected chi connectivity index (χ2v) is 9.06. The first-order valence-electron chi connectivity index (χ1n) is 12.4. The van der Waals surface area contributed by atoms with Crippen molar-refractivity contribution < 1.29 is 23.1 Å². The minimum absolute atomic E-state index is 0.0240. The number of benzene rings is 4. The normalized spacial score (nSPS) is 11.7. The minimum atomic E-state index is -1.16. The van der Waals surface area contributed by atoms with E-state index in [-0.39, 0.29) is 13.1 Å². The Morgan fingerprint density at radius 3 is 2.23 bits per heavy atom. The molecule has 10 heteroatoms. The molecule has 0 aliphatic heterocycles. The lowest BCUT2D eigenvalue weighted by Gasteiger charge is -2.31. The van der Waals surface area contributed by atoms with Gasteiger partial charge in [-0.1, -0.05) is 41.6 Å². The molecule has 5 aromatic rings. The number of halogens is 2. The van der Waals surface area contributed by atoms with Crippen LogP contribution in [0, 0.1) is 11.6 Å². The number of ether oxygens (including phenoxy) is 1. The third kappa shape index (κ3) is 5.96. The number of fused-ring (bicyclic) bond motifs is 1. The number of hydrogen-bond acceptors (Lipinski definition) is 5. The number of amides is 2. The molecule has 0 spiro atoms. The zero-order chi connectivity index (χ0) is 28.1. The second kappa shape index (κ2) is 11.7. The van der Waals surface area contributed by atoms with Crippen LogP contribution in [0.3, 0.4) is 0 Å². The summed E-state index contributed by atoms with van der Waals surface area (Å²) in [6, 6.07) is 23.8. The van der Waals surface area contributed by atoms with Crippen LogP contribution in [0.2, 0.25) is 0 Å². The molecule has 0 radical (unpaired) electrons. The van der Waals surface area contributed by atoms with Crippen molar-refractivity contribution >= 4 is 28.5 Å². The lowest BCUT2D eigenvalue weighted by atomic mass is 10.0. The van der Waals surface area contributed by atoms with Gasteiger partial charge in [-0.3, -0.25) is 9.59 Å². The molecule has 0 aliphatic carbocycles. The number of nitrogens with one attached hydrogen (secondary N) is 1. The van der Waals surface area contributed by atoms with Crippen molar-refractivity contribution in [2.45, 2.75) is 19.1 Å². The monoisotopic (exact) mass is 541 g/mol. The van der Waals surface area contributed by atoms with E-state index >= 15 is 0 Å². The first-order chi connectivity index (χ1) is 19.4. The third-order valence-corrected chi connectivity index (χ3v) is 6.40. The number of anilines is 1. The highest BCUT2D eigenvalue weighted by Crippen LogP contribution is 2.27. The molecule has 0 bridgehead atoms. The fraction of sp³-hybridized carbons (Fsp3) is 0.133. The van der Waals surface area contributed by atoms with Crippen molar-refractivity contribution in [2.75, 3.05) is 12.4 Å². The molecule has 0 fully saturated rings. The van der Waals surface area contributed by atoms with E-state index in [1.807, 2.05) is 12.1 Å². The molecule has 40 heavy (non-hydrogen) atoms. The van der Waals surface area contributed by atoms with Gasteiger partial charge in [-0.05, 0) is 71.8 Å². The van der Waals surface area contributed by atoms with Gasteiger partial charge in [0, 0.05) is 12.2 Å². The Kier molecular flexibility index (Phi) is 7.77. The molecule has 1 unspecified atom stereocenters. The number of carbonyl (C=O) groups excluding carboxylic acids is 2. The molecule has 1 heterocycles. The summed E-state index contributed by atoms with van der Waals surface area (Å²) >= 11 is 0. The zero-order valence-electron chi connectivity index (χ0n) is 21.5. The van der Waals surface area contributed by atoms with E-state index in [1.165, 1.54) is 53.1 Å². The average molecular weight is 542 g/mol. The van der Waals surface area contributed by atoms with E-state index in [0.29, 0.717) is 33.6 Å². The van der Waals surface area contributed by atoms with Gasteiger partial charge in [-0.2, -0.15) is 0 Å². The van der Waals surface area contributed by atoms with Crippen LogP contribution < -0.4 is 10.1 Å². The molecule has 4 aromatic carbocycles. The highest BCUT2D eigenvalue weighted by atomic mass is 19.1. The maximum atomic E-state index is 13.9. The van der Waals surface area contributed by atoms with Gasteiger partial charge in [0.25, 0.3) is 5.91 Å². The van der Waals surface area contributed by atoms with Crippen molar-refractivity contribution in [3.63, 3.8) is 0 Å². The number of methoxy groups -OCH3 is 1. The summed E-state index contributed by atoms with van der Waals surface area (Å²) in [6.45, 7) is -0.237. The number of rotatable bonds is 9. The van der Waals surface area contributed by atoms with Gasteiger partial charge in [0.15, 0.2) is 0 Å². The highest BCUT2D eigenvalue weighted by Gasteiger charge is 2.32. The van der Waals surface area contributed by atoms with E-state index in [0.717, 1.165) is 0 Å². The van der Waals surface area contributed by atoms with Crippen molar-refractivity contribution in [3.05, 3.63) is 120 Å². The SMILES string of the molecule is COc1ccc(NC(=O)C(c2ccc(F)cc2)N(Cc2ccc(F)cc2)C(=O)Cn2nnc3ccccc32)cc1. The first kappa shape index (κ1) is 26.5. The number of para-hydroxylation sites is 1. The average Bonchev–Trinajstić information content (AvgIpc) is 3.37. The summed E-state index contributed by atoms with van der Waals surface area (Å²) in [5, 5.41) is 11.1. The first-order valence-corrected chi connectivity index (χ1v) is 12.4. The summed E-state index contributed by atoms with van der Waals surface area (Å²) in [7, 11) is 1.54. The maximum absolute atomic E-state index is 13.9. The fourth-order valence-corrected chi connectivity index (χ4v) is 4.37. The minimum Gasteiger partial charge on any atom is -0.497 e. The van der Waals surface area contributed by atoms with Crippen molar-refractivity contribution in [3.8, 4) is 5.75 Å². The Balaban J connectivity index is 1.53. The molecule has 8 nitrogen and oxygen atoms in total. The number of nitrogens with zero attached hydrogens (tertiary/aromatic N) is 4. The van der Waals surface area contributed by atoms with Gasteiger partial charge < -0.3 is 15.0 Å². The Labute approximate surface area is 228 Å². The molecule has 5 rings (SSSR count). The molecular weight excluding hydrogens is 516 g/mol. The van der Waals surface area contributed by atoms with E-state index in [2.05, 4.69) is 15.6 Å². The van der Waals surface area contributed by atoms with Crippen LogP contribution in [0.15, 0.2) is 97.1 Å². The lowest BCUT2D eigenvalue weighted by molar-refractivity contribution is -0.140. The van der Waals surface area contributed by atoms with Gasteiger partial charge in [0.1, 0.15) is 35.5 Å². The van der Waals surface area contributed by atoms with Gasteiger partial charge >= 0.3 is 0 Å². The quantitative estimate of drug-likeness (QED) is 0.280. The third-order valence-electron chi connectivity index (χ3n) is 6.40. The summed E-state index contributed by atoms with van der Waals surface area (Å²) in [5.41, 5.74) is 2.74. The van der Waals surface area contributed by atoms with Crippen molar-refractivity contribution in [1.82, 2.24) is 19.9 Å². The highest BCUT2D eigenvalue weighted by molar-refractivity contribution is 5.98. The lowest BCUT2D eigenvalue weighted by Crippen LogP contribution is -2.42. The van der Waals surface area contributed by atoms with Crippen LogP contribution in [-0.4, -0.2) is 38.8 Å². The predicted octanol–water partition coefficient (Wildman–Crippen LogP) is 5.13. The summed E-state index contributed by atoms with van der Waals surface area (Å²) in [4.78, 5) is 29.1. The molecule has 1 N–H and O–H groups in total. The molecular formula is C30H25F2N5O3. The second-order valence-electron chi connectivity index (χ2n) is 9.06. The summed E-state index contributed by atoms with van der Waals surface area (Å²) < 4.78 is 34.2. The fourth-order valence-electron chi connectivity index (χ4n) is 4.37. The summed E-state index contributed by atoms with van der Waals surface area (Å²) in [6.07, 6.45) is 0. The van der Waals surface area contributed by atoms with Gasteiger partial charge in [-0.15, -0.1) is 5.10 Å². The zero-order valence-corrected chi connectivity index (χ0v) is 21.5. The predicted molar refractivity (Wildman–Crippen MR) is 145 cm³/mol. The van der Waals surface area contributed by atoms with Crippen LogP contribution in [0.1, 0.15) is 17.2 Å². The molecule has 0 saturated carbocycles. The van der Waals surface area contributed by atoms with Crippen LogP contribution >= 0.6 is 0 Å². The van der Waals surface area contributed by atoms with E-state index in [9.17, 15) is 18.4 Å². The topological polar surface area (TPSA) is 89.4 Å². The standard InChI is InChI=1S/C30H25F2N5O3/c1-40-25-16-14-24(15-17-25)33-30(39)29(21-8-12-23(32)13-9-21)36(18-20-6-10-22(31)11-7-20)28(38)19-37-27-5-3-2-4-26(27)34-35-37/h2-17,29H,18-19H2,1H3,(H,33,39). The van der Waals surface area contributed by atoms with E-state index < -0.39 is 29.5 Å². The molecule has 2 amide bonds. The van der Waals surface area contributed by atoms with E-state index in [4.69, 9.17) is 4.74 Å². The Bertz CT molecular complexity index is 1620. The summed E-state index contributed by atoms with van der Waals surface area (Å²) in [5.74, 6) is -1.26. The Hall–Kier alpha value is -5.12. The van der Waals surface area contributed by atoms with Gasteiger partial charge in [0.2, 0.25) is 5.91 Å². The van der Waals surface area contributed by atoms with Crippen LogP contribution in [0.4, 0.5) is 14.5 Å². The van der Waals surface area contributed by atoms with Crippen molar-refractivity contribution in [2.24, 2.45) is 0 Å². The molecule has 1 atom stereocenters. The number of aromatic nitrogens is 3. The van der Waals surface area contributed by atoms with E-state index in [1.54, 1.807) is 48.5 Å². The molecule has 202 valence electrons. The maximum Gasteiger partial charge on any atom is 0.251 e. The number of carbonyl (C=O) groups is 2. The molecule has 0 saturated heterocycles.